The zero-order chi connectivity index (χ0) is 26.6. The summed E-state index contributed by atoms with van der Waals surface area (Å²) in [6.45, 7) is 18.7. The Kier molecular flexibility index (Phi) is 10.9. The first kappa shape index (κ1) is 28.1. The maximum Gasteiger partial charge on any atom is 0.864 e. The average molecular weight is 503 g/mol. The molecule has 0 saturated carbocycles. The van der Waals surface area contributed by atoms with Crippen LogP contribution in [0.2, 0.25) is 0 Å². The number of nitrogens with zero attached hydrogens (tertiary/aromatic N) is 3. The van der Waals surface area contributed by atoms with Gasteiger partial charge in [-0.2, -0.15) is 0 Å². The Morgan fingerprint density at radius 2 is 0.622 bits per heavy atom. The third-order valence-electron chi connectivity index (χ3n) is 6.59. The quantitative estimate of drug-likeness (QED) is 0.214. The number of benzene rings is 3. The molecule has 0 heterocycles. The summed E-state index contributed by atoms with van der Waals surface area (Å²) in [4.78, 5) is 6.88. The highest BCUT2D eigenvalue weighted by molar-refractivity contribution is 6.39. The molecule has 6 nitrogen and oxygen atoms in total. The molecule has 0 aliphatic heterocycles. The molecule has 7 heteroatoms. The molecule has 3 rings (SSSR count). The summed E-state index contributed by atoms with van der Waals surface area (Å²) in [5, 5.41) is 0. The zero-order valence-electron chi connectivity index (χ0n) is 23.3. The minimum absolute atomic E-state index is 0.681. The molecule has 0 aliphatic carbocycles. The van der Waals surface area contributed by atoms with Crippen molar-refractivity contribution in [2.45, 2.75) is 41.5 Å². The molecule has 0 radical (unpaired) electrons. The monoisotopic (exact) mass is 503 g/mol. The Bertz CT molecular complexity index is 896. The van der Waals surface area contributed by atoms with Gasteiger partial charge in [-0.25, -0.2) is 0 Å². The molecule has 3 aromatic carbocycles. The van der Waals surface area contributed by atoms with Crippen LogP contribution in [0.3, 0.4) is 0 Å². The molecule has 0 atom stereocenters. The molecule has 198 valence electrons. The van der Waals surface area contributed by atoms with E-state index < -0.39 is 7.32 Å². The summed E-state index contributed by atoms with van der Waals surface area (Å²) < 4.78 is 18.5. The molecule has 3 aromatic rings. The Labute approximate surface area is 223 Å². The van der Waals surface area contributed by atoms with Gasteiger partial charge in [0.2, 0.25) is 0 Å². The first-order valence-corrected chi connectivity index (χ1v) is 13.6. The topological polar surface area (TPSA) is 37.4 Å². The maximum absolute atomic E-state index is 6.18. The fraction of sp³-hybridized carbons (Fsp3) is 0.400. The van der Waals surface area contributed by atoms with Gasteiger partial charge in [-0.1, -0.05) is 0 Å². The van der Waals surface area contributed by atoms with Crippen molar-refractivity contribution >= 4 is 24.4 Å². The van der Waals surface area contributed by atoms with E-state index in [4.69, 9.17) is 14.0 Å². The van der Waals surface area contributed by atoms with Crippen LogP contribution < -0.4 is 28.7 Å². The number of hydrogen-bond donors (Lipinski definition) is 0. The van der Waals surface area contributed by atoms with Gasteiger partial charge in [-0.15, -0.1) is 0 Å². The van der Waals surface area contributed by atoms with Crippen molar-refractivity contribution in [3.05, 3.63) is 72.8 Å². The molecule has 0 bridgehead atoms. The largest absolute Gasteiger partial charge is 0.864 e. The highest BCUT2D eigenvalue weighted by Crippen LogP contribution is 2.25. The Morgan fingerprint density at radius 3 is 0.811 bits per heavy atom. The van der Waals surface area contributed by atoms with Crippen LogP contribution in [0.25, 0.3) is 0 Å². The average Bonchev–Trinajstić information content (AvgIpc) is 2.93. The smallest absolute Gasteiger partial charge is 0.490 e. The van der Waals surface area contributed by atoms with E-state index in [9.17, 15) is 0 Å². The standard InChI is InChI=1S/C30H42BN3O3/c1-7-32(8-2)25-13-19-28(20-14-25)35-31(36-29-21-15-26(16-22-29)33(9-3)10-4)37-30-23-17-27(18-24-30)34(11-5)12-6/h13-24H,7-12H2,1-6H3. The van der Waals surface area contributed by atoms with Gasteiger partial charge in [0.15, 0.2) is 0 Å². The number of anilines is 3. The molecule has 37 heavy (non-hydrogen) atoms. The van der Waals surface area contributed by atoms with Crippen LogP contribution in [0.4, 0.5) is 17.1 Å². The van der Waals surface area contributed by atoms with Gasteiger partial charge in [0.1, 0.15) is 17.2 Å². The summed E-state index contributed by atoms with van der Waals surface area (Å²) in [7, 11) is -0.946. The van der Waals surface area contributed by atoms with Crippen LogP contribution >= 0.6 is 0 Å². The van der Waals surface area contributed by atoms with Crippen molar-refractivity contribution < 1.29 is 14.0 Å². The maximum atomic E-state index is 6.18. The van der Waals surface area contributed by atoms with Crippen molar-refractivity contribution in [2.24, 2.45) is 0 Å². The second-order valence-electron chi connectivity index (χ2n) is 8.64. The van der Waals surface area contributed by atoms with Gasteiger partial charge >= 0.3 is 7.32 Å². The Balaban J connectivity index is 1.79. The minimum Gasteiger partial charge on any atom is -0.490 e. The lowest BCUT2D eigenvalue weighted by Gasteiger charge is -2.23. The molecule has 0 amide bonds. The van der Waals surface area contributed by atoms with E-state index >= 15 is 0 Å². The van der Waals surface area contributed by atoms with E-state index in [1.165, 1.54) is 0 Å². The van der Waals surface area contributed by atoms with Crippen molar-refractivity contribution in [1.82, 2.24) is 0 Å². The number of hydrogen-bond acceptors (Lipinski definition) is 6. The van der Waals surface area contributed by atoms with Crippen LogP contribution in [0.5, 0.6) is 17.2 Å². The van der Waals surface area contributed by atoms with Gasteiger partial charge in [0.05, 0.1) is 0 Å². The van der Waals surface area contributed by atoms with Crippen molar-refractivity contribution in [1.29, 1.82) is 0 Å². The molecule has 0 fully saturated rings. The highest BCUT2D eigenvalue weighted by atomic mass is 16.7. The van der Waals surface area contributed by atoms with E-state index in [2.05, 4.69) is 92.6 Å². The van der Waals surface area contributed by atoms with E-state index in [-0.39, 0.29) is 0 Å². The molecular formula is C30H42BN3O3. The first-order chi connectivity index (χ1) is 18.0. The third-order valence-corrected chi connectivity index (χ3v) is 6.59. The summed E-state index contributed by atoms with van der Waals surface area (Å²) in [6, 6.07) is 24.2. The second-order valence-corrected chi connectivity index (χ2v) is 8.64. The van der Waals surface area contributed by atoms with Gasteiger partial charge in [-0.3, -0.25) is 0 Å². The molecule has 0 unspecified atom stereocenters. The zero-order valence-corrected chi connectivity index (χ0v) is 23.3. The highest BCUT2D eigenvalue weighted by Gasteiger charge is 2.30. The van der Waals surface area contributed by atoms with E-state index in [0.717, 1.165) is 56.3 Å². The van der Waals surface area contributed by atoms with Crippen LogP contribution in [0.15, 0.2) is 72.8 Å². The summed E-state index contributed by atoms with van der Waals surface area (Å²) in [5.74, 6) is 2.04. The summed E-state index contributed by atoms with van der Waals surface area (Å²) in [5.41, 5.74) is 3.49. The van der Waals surface area contributed by atoms with Gasteiger partial charge in [0.25, 0.3) is 0 Å². The van der Waals surface area contributed by atoms with Crippen LogP contribution in [0, 0.1) is 0 Å². The van der Waals surface area contributed by atoms with Crippen molar-refractivity contribution in [2.75, 3.05) is 54.0 Å². The van der Waals surface area contributed by atoms with Crippen LogP contribution in [-0.2, 0) is 0 Å². The molecule has 0 saturated heterocycles. The van der Waals surface area contributed by atoms with Crippen LogP contribution in [-0.4, -0.2) is 46.6 Å². The molecule has 0 aliphatic rings. The SMILES string of the molecule is CCN(CC)c1ccc(OB(Oc2ccc(N(CC)CC)cc2)Oc2ccc(N(CC)CC)cc2)cc1. The first-order valence-electron chi connectivity index (χ1n) is 13.6. The number of rotatable bonds is 15. The van der Waals surface area contributed by atoms with Gasteiger partial charge < -0.3 is 28.7 Å². The molecular weight excluding hydrogens is 461 g/mol. The van der Waals surface area contributed by atoms with Gasteiger partial charge in [0, 0.05) is 56.3 Å². The lowest BCUT2D eigenvalue weighted by Crippen LogP contribution is -2.37. The predicted molar refractivity (Wildman–Crippen MR) is 158 cm³/mol. The van der Waals surface area contributed by atoms with Gasteiger partial charge in [-0.05, 0) is 114 Å². The van der Waals surface area contributed by atoms with Crippen LogP contribution in [0.1, 0.15) is 41.5 Å². The second kappa shape index (κ2) is 14.3. The summed E-state index contributed by atoms with van der Waals surface area (Å²) >= 11 is 0. The molecule has 0 N–H and O–H groups in total. The van der Waals surface area contributed by atoms with Crippen molar-refractivity contribution in [3.8, 4) is 17.2 Å². The normalized spacial score (nSPS) is 10.5. The van der Waals surface area contributed by atoms with E-state index in [1.807, 2.05) is 36.4 Å². The molecule has 0 aromatic heterocycles. The predicted octanol–water partition coefficient (Wildman–Crippen LogP) is 6.75. The van der Waals surface area contributed by atoms with E-state index in [1.54, 1.807) is 0 Å². The third kappa shape index (κ3) is 7.75. The minimum atomic E-state index is -0.946. The fourth-order valence-electron chi connectivity index (χ4n) is 4.38. The lowest BCUT2D eigenvalue weighted by atomic mass is 10.1. The fourth-order valence-corrected chi connectivity index (χ4v) is 4.38. The lowest BCUT2D eigenvalue weighted by molar-refractivity contribution is 0.307. The Hall–Kier alpha value is -3.48. The van der Waals surface area contributed by atoms with Crippen molar-refractivity contribution in [3.63, 3.8) is 0 Å². The Morgan fingerprint density at radius 1 is 0.405 bits per heavy atom. The van der Waals surface area contributed by atoms with E-state index in [0.29, 0.717) is 17.2 Å². The summed E-state index contributed by atoms with van der Waals surface area (Å²) in [6.07, 6.45) is 0. The molecule has 0 spiro atoms.